The number of carboxylic acids is 1. The molecule has 0 amide bonds. The van der Waals surface area contributed by atoms with E-state index in [2.05, 4.69) is 118 Å². The molecule has 0 radical (unpaired) electrons. The molecular formula is C65H106O12. The number of aliphatic carboxylic acids is 1. The number of carbonyl (C=O) groups excluding carboxylic acids is 3. The zero-order chi connectivity index (χ0) is 56.1. The number of carboxylic acid groups (broad SMARTS) is 1. The molecule has 1 saturated heterocycles. The predicted octanol–water partition coefficient (Wildman–Crippen LogP) is 15.7. The predicted molar refractivity (Wildman–Crippen MR) is 312 cm³/mol. The van der Waals surface area contributed by atoms with Crippen LogP contribution in [-0.2, 0) is 42.9 Å². The van der Waals surface area contributed by atoms with Crippen LogP contribution in [0.25, 0.3) is 0 Å². The van der Waals surface area contributed by atoms with Gasteiger partial charge in [-0.25, -0.2) is 4.79 Å². The molecule has 0 aromatic rings. The van der Waals surface area contributed by atoms with Crippen molar-refractivity contribution >= 4 is 23.9 Å². The number of aliphatic hydroxyl groups excluding tert-OH is 2. The minimum absolute atomic E-state index is 0.0427. The highest BCUT2D eigenvalue weighted by molar-refractivity contribution is 5.74. The maximum Gasteiger partial charge on any atom is 0.335 e. The van der Waals surface area contributed by atoms with Crippen LogP contribution < -0.4 is 0 Å². The van der Waals surface area contributed by atoms with Crippen molar-refractivity contribution in [3.8, 4) is 0 Å². The molecule has 0 saturated carbocycles. The summed E-state index contributed by atoms with van der Waals surface area (Å²) < 4.78 is 28.4. The second-order valence-corrected chi connectivity index (χ2v) is 20.2. The monoisotopic (exact) mass is 1080 g/mol. The molecule has 6 unspecified atom stereocenters. The number of hydrogen-bond acceptors (Lipinski definition) is 11. The maximum absolute atomic E-state index is 13.1. The highest BCUT2D eigenvalue weighted by Crippen LogP contribution is 2.26. The number of allylic oxidation sites excluding steroid dienone is 16. The van der Waals surface area contributed by atoms with Crippen molar-refractivity contribution < 1.29 is 58.2 Å². The van der Waals surface area contributed by atoms with Gasteiger partial charge in [-0.1, -0.05) is 208 Å². The summed E-state index contributed by atoms with van der Waals surface area (Å²) in [5.74, 6) is -3.17. The van der Waals surface area contributed by atoms with Gasteiger partial charge in [0.15, 0.2) is 24.6 Å². The summed E-state index contributed by atoms with van der Waals surface area (Å²) in [6.07, 6.45) is 56.5. The SMILES string of the molecule is CC/C=C\C/C=C\C/C=C\CCCCCCCCCC(=O)OCC(COC1OC(C(=O)O)C(O)C(O)C1OC(=O)CCCCCCCCC/C=C\C/C=C\C/C=C\CC)OC(=O)CCCCCCC/C=C\C/C=C\CCC. The lowest BCUT2D eigenvalue weighted by molar-refractivity contribution is -0.301. The van der Waals surface area contributed by atoms with Gasteiger partial charge in [0, 0.05) is 19.3 Å². The second-order valence-electron chi connectivity index (χ2n) is 20.2. The molecule has 0 spiro atoms. The minimum atomic E-state index is -1.91. The van der Waals surface area contributed by atoms with E-state index in [9.17, 15) is 34.5 Å². The van der Waals surface area contributed by atoms with E-state index in [4.69, 9.17) is 23.7 Å². The van der Waals surface area contributed by atoms with E-state index >= 15 is 0 Å². The number of esters is 3. The standard InChI is InChI=1S/C65H106O12/c1-4-7-10-13-16-19-22-25-27-29-31-34-36-39-42-45-48-51-57(66)73-54-56(75-58(67)52-49-46-43-40-37-33-24-21-18-15-12-9-6-3)55-74-65-63(61(70)60(69)62(77-65)64(71)72)76-59(68)53-50-47-44-41-38-35-32-30-28-26-23-20-17-14-11-8-5-2/h7-8,10-12,15-17,19-21,24-28,56,60-63,65,69-70H,4-6,9,13-14,18,22-23,29-55H2,1-3H3,(H,71,72)/b10-7-,11-8-,15-12-,19-16-,20-17-,24-21-,27-25-,28-26-. The molecule has 438 valence electrons. The normalized spacial score (nSPS) is 18.7. The molecule has 0 aromatic heterocycles. The van der Waals surface area contributed by atoms with Gasteiger partial charge in [0.05, 0.1) is 6.61 Å². The summed E-state index contributed by atoms with van der Waals surface area (Å²) in [6.45, 7) is 5.68. The van der Waals surface area contributed by atoms with Crippen LogP contribution in [0.15, 0.2) is 97.2 Å². The molecule has 0 aromatic carbocycles. The Balaban J connectivity index is 2.69. The third-order valence-corrected chi connectivity index (χ3v) is 13.1. The van der Waals surface area contributed by atoms with Crippen molar-refractivity contribution in [2.24, 2.45) is 0 Å². The van der Waals surface area contributed by atoms with Gasteiger partial charge in [0.2, 0.25) is 0 Å². The highest BCUT2D eigenvalue weighted by atomic mass is 16.7. The number of hydrogen-bond donors (Lipinski definition) is 3. The largest absolute Gasteiger partial charge is 0.479 e. The van der Waals surface area contributed by atoms with E-state index < -0.39 is 67.3 Å². The third kappa shape index (κ3) is 42.3. The summed E-state index contributed by atoms with van der Waals surface area (Å²) in [4.78, 5) is 51.2. The van der Waals surface area contributed by atoms with Crippen LogP contribution in [0.4, 0.5) is 0 Å². The van der Waals surface area contributed by atoms with Crippen LogP contribution in [0, 0.1) is 0 Å². The summed E-state index contributed by atoms with van der Waals surface area (Å²) in [7, 11) is 0. The first kappa shape index (κ1) is 70.7. The molecule has 1 rings (SSSR count). The molecule has 1 heterocycles. The Labute approximate surface area is 466 Å². The van der Waals surface area contributed by atoms with Crippen molar-refractivity contribution in [2.45, 2.75) is 276 Å². The first-order chi connectivity index (χ1) is 37.6. The van der Waals surface area contributed by atoms with Gasteiger partial charge < -0.3 is 39.0 Å². The first-order valence-corrected chi connectivity index (χ1v) is 30.2. The zero-order valence-corrected chi connectivity index (χ0v) is 48.2. The van der Waals surface area contributed by atoms with E-state index in [1.165, 1.54) is 6.42 Å². The van der Waals surface area contributed by atoms with Crippen LogP contribution in [0.1, 0.15) is 239 Å². The average Bonchev–Trinajstić information content (AvgIpc) is 3.42. The van der Waals surface area contributed by atoms with Crippen LogP contribution >= 0.6 is 0 Å². The molecular weight excluding hydrogens is 973 g/mol. The van der Waals surface area contributed by atoms with Crippen molar-refractivity contribution in [3.63, 3.8) is 0 Å². The van der Waals surface area contributed by atoms with Crippen molar-refractivity contribution in [2.75, 3.05) is 13.2 Å². The Hall–Kier alpha value is -4.36. The number of aliphatic hydroxyl groups is 2. The molecule has 6 atom stereocenters. The Morgan fingerprint density at radius 2 is 0.818 bits per heavy atom. The van der Waals surface area contributed by atoms with Gasteiger partial charge in [-0.3, -0.25) is 14.4 Å². The molecule has 1 aliphatic heterocycles. The summed E-state index contributed by atoms with van der Waals surface area (Å²) >= 11 is 0. The summed E-state index contributed by atoms with van der Waals surface area (Å²) in [5.41, 5.74) is 0. The van der Waals surface area contributed by atoms with Gasteiger partial charge in [-0.15, -0.1) is 0 Å². The van der Waals surface area contributed by atoms with Gasteiger partial charge in [-0.05, 0) is 109 Å². The topological polar surface area (TPSA) is 175 Å². The van der Waals surface area contributed by atoms with Crippen LogP contribution in [0.2, 0.25) is 0 Å². The quantitative estimate of drug-likeness (QED) is 0.0228. The molecule has 0 aliphatic carbocycles. The lowest BCUT2D eigenvalue weighted by atomic mass is 9.98. The van der Waals surface area contributed by atoms with Gasteiger partial charge in [0.25, 0.3) is 0 Å². The molecule has 12 nitrogen and oxygen atoms in total. The Morgan fingerprint density at radius 3 is 1.25 bits per heavy atom. The Bertz CT molecular complexity index is 1710. The van der Waals surface area contributed by atoms with Gasteiger partial charge in [-0.2, -0.15) is 0 Å². The van der Waals surface area contributed by atoms with Gasteiger partial charge in [0.1, 0.15) is 18.8 Å². The van der Waals surface area contributed by atoms with Gasteiger partial charge >= 0.3 is 23.9 Å². The summed E-state index contributed by atoms with van der Waals surface area (Å²) in [6, 6.07) is 0. The number of ether oxygens (including phenoxy) is 5. The van der Waals surface area contributed by atoms with E-state index in [1.807, 2.05) is 0 Å². The van der Waals surface area contributed by atoms with E-state index in [0.717, 1.165) is 173 Å². The van der Waals surface area contributed by atoms with E-state index in [-0.39, 0.29) is 25.9 Å². The first-order valence-electron chi connectivity index (χ1n) is 30.2. The van der Waals surface area contributed by atoms with Crippen molar-refractivity contribution in [3.05, 3.63) is 97.2 Å². The van der Waals surface area contributed by atoms with E-state index in [0.29, 0.717) is 19.3 Å². The maximum atomic E-state index is 13.1. The zero-order valence-electron chi connectivity index (χ0n) is 48.2. The minimum Gasteiger partial charge on any atom is -0.479 e. The number of rotatable bonds is 50. The van der Waals surface area contributed by atoms with Crippen LogP contribution in [-0.4, -0.2) is 89.2 Å². The highest BCUT2D eigenvalue weighted by Gasteiger charge is 2.50. The molecule has 0 bridgehead atoms. The van der Waals surface area contributed by atoms with Crippen LogP contribution in [0.5, 0.6) is 0 Å². The lowest BCUT2D eigenvalue weighted by Crippen LogP contribution is -2.61. The fourth-order valence-electron chi connectivity index (χ4n) is 8.55. The summed E-state index contributed by atoms with van der Waals surface area (Å²) in [5, 5.41) is 31.5. The lowest BCUT2D eigenvalue weighted by Gasteiger charge is -2.40. The molecule has 1 aliphatic rings. The fourth-order valence-corrected chi connectivity index (χ4v) is 8.55. The number of unbranched alkanes of at least 4 members (excludes halogenated alkanes) is 20. The molecule has 1 fully saturated rings. The third-order valence-electron chi connectivity index (χ3n) is 13.1. The van der Waals surface area contributed by atoms with Crippen molar-refractivity contribution in [1.29, 1.82) is 0 Å². The average molecular weight is 1080 g/mol. The second kappa shape index (κ2) is 52.3. The molecule has 12 heteroatoms. The fraction of sp³-hybridized carbons (Fsp3) is 0.692. The molecule has 77 heavy (non-hydrogen) atoms. The number of carbonyl (C=O) groups is 4. The van der Waals surface area contributed by atoms with Crippen molar-refractivity contribution in [1.82, 2.24) is 0 Å². The van der Waals surface area contributed by atoms with E-state index in [1.54, 1.807) is 0 Å². The Kier molecular flexibility index (Phi) is 48.0. The van der Waals surface area contributed by atoms with Crippen LogP contribution in [0.3, 0.4) is 0 Å². The smallest absolute Gasteiger partial charge is 0.335 e. The Morgan fingerprint density at radius 1 is 0.442 bits per heavy atom. The molecule has 3 N–H and O–H groups in total.